The summed E-state index contributed by atoms with van der Waals surface area (Å²) < 4.78 is 13.0. The largest absolute Gasteiger partial charge is 0.394 e. The molecule has 3 heterocycles. The lowest BCUT2D eigenvalue weighted by atomic mass is 9.77. The molecule has 0 unspecified atom stereocenters. The Balaban J connectivity index is 1.45. The molecule has 0 saturated heterocycles. The Morgan fingerprint density at radius 2 is 1.94 bits per heavy atom. The van der Waals surface area contributed by atoms with Gasteiger partial charge >= 0.3 is 0 Å². The molecular weight excluding hydrogens is 444 g/mol. The van der Waals surface area contributed by atoms with Crippen molar-refractivity contribution in [2.24, 2.45) is 0 Å². The number of aliphatic hydroxyl groups is 1. The fraction of sp³-hybridized carbons (Fsp3) is 0.500. The highest BCUT2D eigenvalue weighted by Crippen LogP contribution is 2.38. The molecule has 1 fully saturated rings. The number of aryl methyl sites for hydroxylation is 1. The number of rotatable bonds is 5. The molecule has 0 amide bonds. The maximum Gasteiger partial charge on any atom is 0.227 e. The molecule has 1 aromatic carbocycles. The van der Waals surface area contributed by atoms with Gasteiger partial charge in [0.05, 0.1) is 28.6 Å². The van der Waals surface area contributed by atoms with Gasteiger partial charge in [-0.1, -0.05) is 29.8 Å². The van der Waals surface area contributed by atoms with Gasteiger partial charge in [0, 0.05) is 23.9 Å². The van der Waals surface area contributed by atoms with Crippen molar-refractivity contribution in [3.63, 3.8) is 0 Å². The van der Waals surface area contributed by atoms with E-state index in [0.717, 1.165) is 73.6 Å². The molecule has 3 aliphatic rings. The van der Waals surface area contributed by atoms with Gasteiger partial charge in [-0.2, -0.15) is 4.98 Å². The fourth-order valence-electron chi connectivity index (χ4n) is 4.70. The molecule has 170 valence electrons. The Hall–Kier alpha value is -1.96. The molecule has 2 N–H and O–H groups in total. The maximum absolute atomic E-state index is 13.0. The quantitative estimate of drug-likeness (QED) is 0.679. The lowest BCUT2D eigenvalue weighted by Gasteiger charge is -2.42. The normalized spacial score (nSPS) is 22.4. The van der Waals surface area contributed by atoms with E-state index in [1.807, 2.05) is 12.1 Å². The van der Waals surface area contributed by atoms with Crippen LogP contribution in [0.15, 0.2) is 35.2 Å². The Kier molecular flexibility index (Phi) is 6.23. The van der Waals surface area contributed by atoms with Crippen molar-refractivity contribution >= 4 is 39.7 Å². The van der Waals surface area contributed by atoms with Gasteiger partial charge in [0.2, 0.25) is 5.95 Å². The lowest BCUT2D eigenvalue weighted by Crippen LogP contribution is -2.49. The van der Waals surface area contributed by atoms with Crippen LogP contribution in [0.3, 0.4) is 0 Å². The first-order valence-electron chi connectivity index (χ1n) is 11.5. The van der Waals surface area contributed by atoms with E-state index in [1.165, 1.54) is 11.1 Å². The number of anilines is 2. The van der Waals surface area contributed by atoms with Crippen molar-refractivity contribution in [3.8, 4) is 0 Å². The summed E-state index contributed by atoms with van der Waals surface area (Å²) in [6, 6.07) is 7.98. The third kappa shape index (κ3) is 4.30. The second kappa shape index (κ2) is 9.12. The van der Waals surface area contributed by atoms with Crippen molar-refractivity contribution in [1.29, 1.82) is 0 Å². The number of nitrogens with zero attached hydrogens (tertiary/aromatic N) is 3. The van der Waals surface area contributed by atoms with Gasteiger partial charge in [0.25, 0.3) is 0 Å². The minimum atomic E-state index is -1.11. The summed E-state index contributed by atoms with van der Waals surface area (Å²) in [6.07, 6.45) is 8.76. The summed E-state index contributed by atoms with van der Waals surface area (Å²) in [5, 5.41) is 14.2. The van der Waals surface area contributed by atoms with Crippen LogP contribution >= 0.6 is 11.6 Å². The van der Waals surface area contributed by atoms with E-state index < -0.39 is 10.8 Å². The zero-order chi connectivity index (χ0) is 22.1. The highest BCUT2D eigenvalue weighted by atomic mass is 35.5. The summed E-state index contributed by atoms with van der Waals surface area (Å²) in [5.74, 6) is 1.99. The van der Waals surface area contributed by atoms with Crippen molar-refractivity contribution in [3.05, 3.63) is 46.6 Å². The van der Waals surface area contributed by atoms with Gasteiger partial charge in [-0.3, -0.25) is 4.21 Å². The average Bonchev–Trinajstić information content (AvgIpc) is 2.98. The smallest absolute Gasteiger partial charge is 0.227 e. The van der Waals surface area contributed by atoms with Gasteiger partial charge in [0.15, 0.2) is 0 Å². The molecule has 0 radical (unpaired) electrons. The summed E-state index contributed by atoms with van der Waals surface area (Å²) in [4.78, 5) is 12.7. The Morgan fingerprint density at radius 1 is 1.12 bits per heavy atom. The second-order valence-corrected chi connectivity index (χ2v) is 10.9. The van der Waals surface area contributed by atoms with E-state index in [1.54, 1.807) is 0 Å². The van der Waals surface area contributed by atoms with Gasteiger partial charge in [-0.25, -0.2) is 4.98 Å². The maximum atomic E-state index is 13.0. The number of fused-ring (bicyclic) bond motifs is 1. The first-order chi connectivity index (χ1) is 15.6. The van der Waals surface area contributed by atoms with Crippen LogP contribution in [-0.4, -0.2) is 50.3 Å². The second-order valence-electron chi connectivity index (χ2n) is 9.00. The predicted molar refractivity (Wildman–Crippen MR) is 130 cm³/mol. The van der Waals surface area contributed by atoms with Crippen LogP contribution < -0.4 is 10.2 Å². The first-order valence-corrected chi connectivity index (χ1v) is 13.1. The molecule has 1 saturated carbocycles. The molecule has 6 nitrogen and oxygen atoms in total. The molecule has 1 atom stereocenters. The van der Waals surface area contributed by atoms with Gasteiger partial charge in [-0.05, 0) is 68.2 Å². The zero-order valence-corrected chi connectivity index (χ0v) is 19.7. The third-order valence-electron chi connectivity index (χ3n) is 6.85. The molecule has 1 aliphatic carbocycles. The van der Waals surface area contributed by atoms with Gasteiger partial charge in [0.1, 0.15) is 10.7 Å². The summed E-state index contributed by atoms with van der Waals surface area (Å²) in [6.45, 7) is 1.61. The van der Waals surface area contributed by atoms with Crippen LogP contribution in [0.25, 0.3) is 5.57 Å². The first kappa shape index (κ1) is 21.9. The van der Waals surface area contributed by atoms with Crippen molar-refractivity contribution in [2.75, 3.05) is 35.7 Å². The molecule has 0 spiro atoms. The van der Waals surface area contributed by atoms with E-state index in [0.29, 0.717) is 17.5 Å². The molecule has 8 heteroatoms. The van der Waals surface area contributed by atoms with E-state index in [2.05, 4.69) is 28.4 Å². The van der Waals surface area contributed by atoms with Crippen molar-refractivity contribution < 1.29 is 9.32 Å². The number of hydrogen-bond donors (Lipinski definition) is 2. The molecule has 2 aliphatic heterocycles. The van der Waals surface area contributed by atoms with Crippen LogP contribution in [0.4, 0.5) is 11.8 Å². The highest BCUT2D eigenvalue weighted by molar-refractivity contribution is 7.85. The van der Waals surface area contributed by atoms with E-state index in [9.17, 15) is 9.32 Å². The molecule has 32 heavy (non-hydrogen) atoms. The third-order valence-corrected chi connectivity index (χ3v) is 8.64. The number of hydrogen-bond acceptors (Lipinski definition) is 6. The van der Waals surface area contributed by atoms with Crippen molar-refractivity contribution in [1.82, 2.24) is 9.97 Å². The predicted octanol–water partition coefficient (Wildman–Crippen LogP) is 4.19. The SMILES string of the molecule is O=[S@]1CCCCc2nc(N3CC=C(c4ccc(Cl)cc4)CC3)nc(NC3(CO)CCC3)c21. The van der Waals surface area contributed by atoms with Gasteiger partial charge < -0.3 is 15.3 Å². The molecule has 1 aromatic heterocycles. The number of benzene rings is 1. The fourth-order valence-corrected chi connectivity index (χ4v) is 6.22. The van der Waals surface area contributed by atoms with Crippen LogP contribution in [0.1, 0.15) is 49.8 Å². The number of halogens is 1. The zero-order valence-electron chi connectivity index (χ0n) is 18.1. The van der Waals surface area contributed by atoms with Crippen LogP contribution in [0.2, 0.25) is 5.02 Å². The van der Waals surface area contributed by atoms with Crippen molar-refractivity contribution in [2.45, 2.75) is 55.4 Å². The van der Waals surface area contributed by atoms with Crippen LogP contribution in [0.5, 0.6) is 0 Å². The van der Waals surface area contributed by atoms with Gasteiger partial charge in [-0.15, -0.1) is 0 Å². The molecule has 5 rings (SSSR count). The topological polar surface area (TPSA) is 78.4 Å². The average molecular weight is 473 g/mol. The van der Waals surface area contributed by atoms with E-state index in [-0.39, 0.29) is 12.1 Å². The van der Waals surface area contributed by atoms with E-state index in [4.69, 9.17) is 21.6 Å². The Labute approximate surface area is 196 Å². The minimum absolute atomic E-state index is 0.0602. The standard InChI is InChI=1S/C24H29ClN4O2S/c25-19-7-5-17(6-8-19)18-9-13-29(14-10-18)23-26-20-4-1-2-15-32(31)21(20)22(27-23)28-24(16-30)11-3-12-24/h5-9,30H,1-4,10-16H2,(H,26,27,28)/t32-/m0/s1. The minimum Gasteiger partial charge on any atom is -0.394 e. The number of aliphatic hydroxyl groups excluding tert-OH is 1. The summed E-state index contributed by atoms with van der Waals surface area (Å²) in [5.41, 5.74) is 3.05. The van der Waals surface area contributed by atoms with E-state index >= 15 is 0 Å². The van der Waals surface area contributed by atoms with Crippen LogP contribution in [-0.2, 0) is 17.2 Å². The highest BCUT2D eigenvalue weighted by Gasteiger charge is 2.38. The summed E-state index contributed by atoms with van der Waals surface area (Å²) >= 11 is 6.03. The van der Waals surface area contributed by atoms with Crippen LogP contribution in [0, 0.1) is 0 Å². The molecule has 2 aromatic rings. The molecular formula is C24H29ClN4O2S. The Bertz CT molecular complexity index is 1050. The lowest BCUT2D eigenvalue weighted by molar-refractivity contribution is 0.143. The summed E-state index contributed by atoms with van der Waals surface area (Å²) in [7, 11) is -1.11. The monoisotopic (exact) mass is 472 g/mol. The molecule has 0 bridgehead atoms. The number of aromatic nitrogens is 2. The Morgan fingerprint density at radius 3 is 2.59 bits per heavy atom. The number of nitrogens with one attached hydrogen (secondary N) is 1.